The number of hydrogen-bond donors (Lipinski definition) is 1. The normalized spacial score (nSPS) is 12.5. The average Bonchev–Trinajstić information content (AvgIpc) is 2.65. The minimum atomic E-state index is -0.0729. The van der Waals surface area contributed by atoms with Crippen molar-refractivity contribution in [1.82, 2.24) is 10.2 Å². The van der Waals surface area contributed by atoms with Crippen molar-refractivity contribution in [3.05, 3.63) is 59.7 Å². The van der Waals surface area contributed by atoms with Crippen molar-refractivity contribution in [3.8, 4) is 11.5 Å². The number of carbonyl (C=O) groups is 1. The molecule has 0 radical (unpaired) electrons. The molecule has 5 nitrogen and oxygen atoms in total. The molecular weight excluding hydrogens is 304 g/mol. The highest BCUT2D eigenvalue weighted by atomic mass is 16.6. The van der Waals surface area contributed by atoms with Gasteiger partial charge in [-0.25, -0.2) is 4.79 Å². The zero-order chi connectivity index (χ0) is 16.8. The zero-order valence-corrected chi connectivity index (χ0v) is 13.8. The van der Waals surface area contributed by atoms with Crippen LogP contribution < -0.4 is 14.8 Å². The molecule has 5 heteroatoms. The summed E-state index contributed by atoms with van der Waals surface area (Å²) < 4.78 is 11.1. The predicted octanol–water partition coefficient (Wildman–Crippen LogP) is 3.19. The maximum atomic E-state index is 12.4. The second kappa shape index (κ2) is 7.73. The van der Waals surface area contributed by atoms with E-state index in [2.05, 4.69) is 5.32 Å². The molecule has 2 aromatic carbocycles. The van der Waals surface area contributed by atoms with Gasteiger partial charge in [0.2, 0.25) is 0 Å². The van der Waals surface area contributed by atoms with Crippen molar-refractivity contribution in [1.29, 1.82) is 0 Å². The Kier molecular flexibility index (Phi) is 5.21. The molecule has 0 saturated heterocycles. The highest BCUT2D eigenvalue weighted by Gasteiger charge is 2.15. The van der Waals surface area contributed by atoms with Gasteiger partial charge in [-0.3, -0.25) is 0 Å². The lowest BCUT2D eigenvalue weighted by Gasteiger charge is -2.23. The largest absolute Gasteiger partial charge is 0.486 e. The van der Waals surface area contributed by atoms with Crippen molar-refractivity contribution in [2.75, 3.05) is 19.8 Å². The number of hydrogen-bond acceptors (Lipinski definition) is 3. The first kappa shape index (κ1) is 16.2. The van der Waals surface area contributed by atoms with Gasteiger partial charge in [0, 0.05) is 19.6 Å². The van der Waals surface area contributed by atoms with Crippen LogP contribution in [0.1, 0.15) is 18.1 Å². The third kappa shape index (κ3) is 3.98. The highest BCUT2D eigenvalue weighted by molar-refractivity contribution is 5.74. The van der Waals surface area contributed by atoms with Crippen LogP contribution in [-0.2, 0) is 13.1 Å². The fraction of sp³-hybridized carbons (Fsp3) is 0.316. The Balaban J connectivity index is 1.60. The minimum Gasteiger partial charge on any atom is -0.486 e. The number of nitrogens with one attached hydrogen (secondary N) is 1. The Bertz CT molecular complexity index is 688. The van der Waals surface area contributed by atoms with Gasteiger partial charge in [0.15, 0.2) is 11.5 Å². The molecule has 0 spiro atoms. The van der Waals surface area contributed by atoms with Crippen molar-refractivity contribution < 1.29 is 14.3 Å². The molecule has 0 unspecified atom stereocenters. The minimum absolute atomic E-state index is 0.0729. The number of carbonyl (C=O) groups excluding carboxylic acids is 1. The molecule has 1 N–H and O–H groups in total. The Hall–Kier alpha value is -2.69. The molecule has 0 fully saturated rings. The summed E-state index contributed by atoms with van der Waals surface area (Å²) in [4.78, 5) is 14.2. The van der Waals surface area contributed by atoms with E-state index in [1.165, 1.54) is 0 Å². The van der Waals surface area contributed by atoms with E-state index in [4.69, 9.17) is 9.47 Å². The summed E-state index contributed by atoms with van der Waals surface area (Å²) >= 11 is 0. The van der Waals surface area contributed by atoms with Crippen LogP contribution in [0.15, 0.2) is 48.5 Å². The number of benzene rings is 2. The molecule has 1 aliphatic heterocycles. The lowest BCUT2D eigenvalue weighted by atomic mass is 10.2. The summed E-state index contributed by atoms with van der Waals surface area (Å²) in [6.45, 7) is 4.81. The molecule has 3 rings (SSSR count). The number of rotatable bonds is 5. The van der Waals surface area contributed by atoms with Crippen molar-refractivity contribution in [2.24, 2.45) is 0 Å². The molecule has 24 heavy (non-hydrogen) atoms. The fourth-order valence-corrected chi connectivity index (χ4v) is 2.62. The summed E-state index contributed by atoms with van der Waals surface area (Å²) in [5, 5.41) is 2.96. The second-order valence-electron chi connectivity index (χ2n) is 5.64. The molecule has 0 atom stereocenters. The van der Waals surface area contributed by atoms with E-state index in [9.17, 15) is 4.79 Å². The van der Waals surface area contributed by atoms with E-state index in [1.807, 2.05) is 55.5 Å². The van der Waals surface area contributed by atoms with Crippen LogP contribution in [0.4, 0.5) is 4.79 Å². The number of nitrogens with zero attached hydrogens (tertiary/aromatic N) is 1. The van der Waals surface area contributed by atoms with Gasteiger partial charge >= 0.3 is 6.03 Å². The van der Waals surface area contributed by atoms with Crippen LogP contribution in [0.25, 0.3) is 0 Å². The average molecular weight is 326 g/mol. The second-order valence-corrected chi connectivity index (χ2v) is 5.64. The lowest BCUT2D eigenvalue weighted by Crippen LogP contribution is -2.39. The number of amides is 2. The van der Waals surface area contributed by atoms with E-state index in [0.29, 0.717) is 32.8 Å². The first-order valence-electron chi connectivity index (χ1n) is 8.21. The van der Waals surface area contributed by atoms with Crippen molar-refractivity contribution in [2.45, 2.75) is 20.0 Å². The Labute approximate surface area is 142 Å². The zero-order valence-electron chi connectivity index (χ0n) is 13.8. The maximum Gasteiger partial charge on any atom is 0.317 e. The fourth-order valence-electron chi connectivity index (χ4n) is 2.62. The smallest absolute Gasteiger partial charge is 0.317 e. The molecule has 2 amide bonds. The van der Waals surface area contributed by atoms with Gasteiger partial charge in [-0.15, -0.1) is 0 Å². The highest BCUT2D eigenvalue weighted by Crippen LogP contribution is 2.31. The summed E-state index contributed by atoms with van der Waals surface area (Å²) in [6.07, 6.45) is 0. The molecule has 0 aliphatic carbocycles. The van der Waals surface area contributed by atoms with Gasteiger partial charge in [-0.05, 0) is 30.2 Å². The van der Waals surface area contributed by atoms with Gasteiger partial charge in [0.25, 0.3) is 0 Å². The van der Waals surface area contributed by atoms with E-state index >= 15 is 0 Å². The summed E-state index contributed by atoms with van der Waals surface area (Å²) in [5.74, 6) is 1.51. The monoisotopic (exact) mass is 326 g/mol. The van der Waals surface area contributed by atoms with E-state index in [0.717, 1.165) is 22.6 Å². The van der Waals surface area contributed by atoms with Crippen LogP contribution in [0.5, 0.6) is 11.5 Å². The molecule has 126 valence electrons. The third-order valence-electron chi connectivity index (χ3n) is 3.94. The standard InChI is InChI=1S/C19H22N2O3/c1-2-21(19(22)20-13-15-6-4-3-5-7-15)14-16-8-9-17-18(12-16)24-11-10-23-17/h3-9,12H,2,10-11,13-14H2,1H3,(H,20,22). The summed E-state index contributed by atoms with van der Waals surface area (Å²) in [7, 11) is 0. The van der Waals surface area contributed by atoms with Gasteiger partial charge < -0.3 is 19.7 Å². The molecule has 1 heterocycles. The number of fused-ring (bicyclic) bond motifs is 1. The van der Waals surface area contributed by atoms with Gasteiger partial charge in [0.1, 0.15) is 13.2 Å². The van der Waals surface area contributed by atoms with Crippen molar-refractivity contribution >= 4 is 6.03 Å². The van der Waals surface area contributed by atoms with Gasteiger partial charge in [-0.2, -0.15) is 0 Å². The first-order valence-corrected chi connectivity index (χ1v) is 8.21. The predicted molar refractivity (Wildman–Crippen MR) is 92.2 cm³/mol. The topological polar surface area (TPSA) is 50.8 Å². The van der Waals surface area contributed by atoms with Gasteiger partial charge in [0.05, 0.1) is 0 Å². The third-order valence-corrected chi connectivity index (χ3v) is 3.94. The Morgan fingerprint density at radius 2 is 1.79 bits per heavy atom. The van der Waals surface area contributed by atoms with E-state index < -0.39 is 0 Å². The van der Waals surface area contributed by atoms with Crippen LogP contribution in [-0.4, -0.2) is 30.7 Å². The maximum absolute atomic E-state index is 12.4. The number of ether oxygens (including phenoxy) is 2. The Morgan fingerprint density at radius 3 is 2.54 bits per heavy atom. The number of urea groups is 1. The molecule has 0 bridgehead atoms. The first-order chi connectivity index (χ1) is 11.8. The molecule has 0 saturated carbocycles. The van der Waals surface area contributed by atoms with Crippen LogP contribution in [0, 0.1) is 0 Å². The SMILES string of the molecule is CCN(Cc1ccc2c(c1)OCCO2)C(=O)NCc1ccccc1. The summed E-state index contributed by atoms with van der Waals surface area (Å²) in [6, 6.07) is 15.6. The molecule has 1 aliphatic rings. The van der Waals surface area contributed by atoms with E-state index in [-0.39, 0.29) is 6.03 Å². The molecular formula is C19H22N2O3. The quantitative estimate of drug-likeness (QED) is 0.918. The van der Waals surface area contributed by atoms with Gasteiger partial charge in [-0.1, -0.05) is 36.4 Å². The lowest BCUT2D eigenvalue weighted by molar-refractivity contribution is 0.171. The molecule has 0 aromatic heterocycles. The summed E-state index contributed by atoms with van der Waals surface area (Å²) in [5.41, 5.74) is 2.11. The Morgan fingerprint density at radius 1 is 1.04 bits per heavy atom. The van der Waals surface area contributed by atoms with Crippen LogP contribution in [0.3, 0.4) is 0 Å². The van der Waals surface area contributed by atoms with Crippen LogP contribution in [0.2, 0.25) is 0 Å². The van der Waals surface area contributed by atoms with Crippen molar-refractivity contribution in [3.63, 3.8) is 0 Å². The molecule has 2 aromatic rings. The van der Waals surface area contributed by atoms with Crippen LogP contribution >= 0.6 is 0 Å². The van der Waals surface area contributed by atoms with E-state index in [1.54, 1.807) is 4.90 Å².